The van der Waals surface area contributed by atoms with Gasteiger partial charge in [0.1, 0.15) is 17.2 Å². The van der Waals surface area contributed by atoms with Gasteiger partial charge in [-0.15, -0.1) is 10.2 Å². The van der Waals surface area contributed by atoms with Crippen molar-refractivity contribution < 1.29 is 77.4 Å². The fourth-order valence-electron chi connectivity index (χ4n) is 12.6. The van der Waals surface area contributed by atoms with E-state index in [1.54, 1.807) is 9.47 Å². The molecule has 3 fully saturated rings. The number of rotatable bonds is 10. The van der Waals surface area contributed by atoms with Crippen LogP contribution in [-0.4, -0.2) is 137 Å². The molecular weight excluding hydrogens is 1170 g/mol. The lowest BCUT2D eigenvalue weighted by Gasteiger charge is -2.33. The Morgan fingerprint density at radius 2 is 1.07 bits per heavy atom. The van der Waals surface area contributed by atoms with Crippen LogP contribution in [0.4, 0.5) is 39.5 Å². The van der Waals surface area contributed by atoms with Gasteiger partial charge in [-0.1, -0.05) is 39.7 Å². The number of piperidine rings is 3. The van der Waals surface area contributed by atoms with E-state index in [9.17, 15) is 42.3 Å². The van der Waals surface area contributed by atoms with Crippen molar-refractivity contribution in [3.8, 4) is 11.4 Å². The number of hydrogen-bond acceptors (Lipinski definition) is 10. The van der Waals surface area contributed by atoms with E-state index in [0.29, 0.717) is 25.5 Å². The monoisotopic (exact) mass is 1230 g/mol. The fourth-order valence-corrected chi connectivity index (χ4v) is 12.6. The fraction of sp³-hybridized carbons (Fsp3) is 0.373. The number of carbonyl (C=O) groups is 5. The molecule has 88 heavy (non-hydrogen) atoms. The van der Waals surface area contributed by atoms with Crippen molar-refractivity contribution in [3.63, 3.8) is 0 Å². The number of aromatic carboxylic acids is 1. The first-order valence-corrected chi connectivity index (χ1v) is 28.4. The lowest BCUT2D eigenvalue weighted by Crippen LogP contribution is -2.42. The van der Waals surface area contributed by atoms with Crippen molar-refractivity contribution in [2.24, 2.45) is 0 Å². The summed E-state index contributed by atoms with van der Waals surface area (Å²) in [4.78, 5) is 71.7. The van der Waals surface area contributed by atoms with Crippen molar-refractivity contribution in [1.82, 2.24) is 59.7 Å². The standard InChI is InChI=1S/C59H53F9N14O6/c1-69-52(83)36-19-27-78-48(28-36)82(73-50(78)54(85)76-23-13-33(14-24-76)40-4-2-3-5-43(40)57(60,61)62)39-8-10-42(45(30-39)59(66,67)68)35-17-25-77(26-18-35)55(86)51-74-81(47-11-6-37(56(87)88)31-79(47)51)38-7-9-41(44(29-38)58(63,64)65)34-15-21-75(22-16-34)53(84)49-72-71-46-12-20-70-32-80(46)49/h2-11,19,27-31,33-35,70H,12-18,20-26,32H2,1H3/p+2. The summed E-state index contributed by atoms with van der Waals surface area (Å²) in [5.41, 5.74) is -3.18. The first-order valence-electron chi connectivity index (χ1n) is 28.4. The Hall–Kier alpha value is -9.28. The Balaban J connectivity index is 0.787. The molecule has 0 saturated carbocycles. The Labute approximate surface area is 493 Å². The van der Waals surface area contributed by atoms with Crippen LogP contribution in [0, 0.1) is 0 Å². The second-order valence-electron chi connectivity index (χ2n) is 22.2. The van der Waals surface area contributed by atoms with E-state index in [4.69, 9.17) is 0 Å². The van der Waals surface area contributed by atoms with Crippen LogP contribution in [-0.2, 0) is 31.6 Å². The summed E-state index contributed by atoms with van der Waals surface area (Å²) in [7, 11) is 1.38. The molecule has 458 valence electrons. The van der Waals surface area contributed by atoms with Gasteiger partial charge in [0, 0.05) is 77.0 Å². The zero-order chi connectivity index (χ0) is 62.1. The number of benzene rings is 3. The van der Waals surface area contributed by atoms with Crippen LogP contribution >= 0.6 is 0 Å². The van der Waals surface area contributed by atoms with E-state index in [2.05, 4.69) is 31.0 Å². The van der Waals surface area contributed by atoms with Crippen molar-refractivity contribution in [2.75, 3.05) is 52.9 Å². The zero-order valence-corrected chi connectivity index (χ0v) is 46.8. The molecule has 9 heterocycles. The number of hydrogen-bond donors (Lipinski definition) is 3. The normalized spacial score (nSPS) is 16.8. The molecule has 3 aromatic carbocycles. The molecule has 4 amide bonds. The Morgan fingerprint density at radius 3 is 1.59 bits per heavy atom. The van der Waals surface area contributed by atoms with Gasteiger partial charge in [0.15, 0.2) is 0 Å². The third-order valence-corrected chi connectivity index (χ3v) is 17.2. The topological polar surface area (TPSA) is 214 Å². The number of likely N-dealkylation sites (tertiary alicyclic amines) is 3. The Kier molecular flexibility index (Phi) is 15.3. The minimum Gasteiger partial charge on any atom is -0.478 e. The van der Waals surface area contributed by atoms with Crippen LogP contribution in [0.1, 0.15) is 148 Å². The summed E-state index contributed by atoms with van der Waals surface area (Å²) < 4.78 is 140. The Morgan fingerprint density at radius 1 is 0.568 bits per heavy atom. The van der Waals surface area contributed by atoms with Crippen LogP contribution in [0.3, 0.4) is 0 Å². The molecule has 3 N–H and O–H groups in total. The van der Waals surface area contributed by atoms with Gasteiger partial charge in [0.05, 0.1) is 51.5 Å². The SMILES string of the molecule is CNC(=O)c1cc[n+]2c(C(=O)N3CCC(c4ccccc4C(F)(F)F)CC3)nn(-c3ccc(C4CCN(C(=O)c5nn(-c6ccc(C7CCN(C(=O)c8nnc9n8CNCC9)CC7)c(C(F)(F)F)c6)c6ccc(C(=O)O)c[n+]56)CC4)c(C(F)(F)F)c3)c2c1. The number of halogens is 9. The number of carboxylic acid groups (broad SMARTS) is 1. The second kappa shape index (κ2) is 22.8. The largest absolute Gasteiger partial charge is 0.478 e. The lowest BCUT2D eigenvalue weighted by atomic mass is 9.86. The average molecular weight is 1230 g/mol. The highest BCUT2D eigenvalue weighted by Crippen LogP contribution is 2.43. The van der Waals surface area contributed by atoms with Gasteiger partial charge in [0.2, 0.25) is 5.82 Å². The van der Waals surface area contributed by atoms with Gasteiger partial charge in [-0.05, 0) is 115 Å². The van der Waals surface area contributed by atoms with Gasteiger partial charge in [-0.25, -0.2) is 4.79 Å². The van der Waals surface area contributed by atoms with E-state index in [1.807, 2.05) is 0 Å². The number of aromatic nitrogens is 9. The minimum atomic E-state index is -4.96. The number of pyridine rings is 2. The molecule has 20 nitrogen and oxygen atoms in total. The van der Waals surface area contributed by atoms with Crippen LogP contribution < -0.4 is 19.4 Å². The molecule has 0 atom stereocenters. The van der Waals surface area contributed by atoms with Gasteiger partial charge in [0.25, 0.3) is 23.1 Å². The van der Waals surface area contributed by atoms with E-state index in [1.165, 1.54) is 94.2 Å². The van der Waals surface area contributed by atoms with Gasteiger partial charge in [-0.2, -0.15) is 48.3 Å². The van der Waals surface area contributed by atoms with Gasteiger partial charge >= 0.3 is 48.0 Å². The molecule has 5 aromatic heterocycles. The third-order valence-electron chi connectivity index (χ3n) is 17.2. The highest BCUT2D eigenvalue weighted by Gasteiger charge is 2.43. The van der Waals surface area contributed by atoms with E-state index >= 15 is 26.3 Å². The predicted molar refractivity (Wildman–Crippen MR) is 291 cm³/mol. The Bertz CT molecular complexity index is 4090. The zero-order valence-electron chi connectivity index (χ0n) is 46.8. The maximum atomic E-state index is 15.4. The van der Waals surface area contributed by atoms with Crippen LogP contribution in [0.25, 0.3) is 22.7 Å². The van der Waals surface area contributed by atoms with Crippen molar-refractivity contribution in [1.29, 1.82) is 0 Å². The quantitative estimate of drug-likeness (QED) is 0.0906. The smallest absolute Gasteiger partial charge is 0.416 e. The minimum absolute atomic E-state index is 0.00542. The number of nitrogens with one attached hydrogen (secondary N) is 2. The average Bonchev–Trinajstić information content (AvgIpc) is 1.84. The summed E-state index contributed by atoms with van der Waals surface area (Å²) in [5, 5.41) is 32.8. The summed E-state index contributed by atoms with van der Waals surface area (Å²) in [6.07, 6.45) is -10.6. The van der Waals surface area contributed by atoms with Crippen molar-refractivity contribution in [2.45, 2.75) is 87.9 Å². The van der Waals surface area contributed by atoms with Crippen molar-refractivity contribution >= 4 is 40.9 Å². The molecule has 8 aromatic rings. The number of carboxylic acids is 1. The first kappa shape index (κ1) is 59.1. The number of fused-ring (bicyclic) bond motifs is 3. The van der Waals surface area contributed by atoms with E-state index in [-0.39, 0.29) is 152 Å². The predicted octanol–water partition coefficient (Wildman–Crippen LogP) is 7.40. The molecular formula is C59H55F9N14O6+2. The van der Waals surface area contributed by atoms with Crippen LogP contribution in [0.15, 0.2) is 97.3 Å². The maximum Gasteiger partial charge on any atom is 0.416 e. The lowest BCUT2D eigenvalue weighted by molar-refractivity contribution is -0.516. The molecule has 0 unspecified atom stereocenters. The van der Waals surface area contributed by atoms with Gasteiger partial charge in [-0.3, -0.25) is 29.1 Å². The molecule has 0 spiro atoms. The second-order valence-corrected chi connectivity index (χ2v) is 22.2. The molecule has 29 heteroatoms. The molecule has 0 bridgehead atoms. The molecule has 0 aliphatic carbocycles. The van der Waals surface area contributed by atoms with Crippen molar-refractivity contribution in [3.05, 3.63) is 165 Å². The third kappa shape index (κ3) is 11.0. The maximum absolute atomic E-state index is 15.4. The summed E-state index contributed by atoms with van der Waals surface area (Å²) in [6.45, 7) is 1.20. The van der Waals surface area contributed by atoms with Crippen LogP contribution in [0.2, 0.25) is 0 Å². The molecule has 4 aliphatic heterocycles. The molecule has 4 aliphatic rings. The number of carbonyl (C=O) groups excluding carboxylic acids is 4. The van der Waals surface area contributed by atoms with E-state index < -0.39 is 76.7 Å². The summed E-state index contributed by atoms with van der Waals surface area (Å²) in [5.74, 6) is -5.44. The van der Waals surface area contributed by atoms with E-state index in [0.717, 1.165) is 38.2 Å². The highest BCUT2D eigenvalue weighted by molar-refractivity contribution is 5.95. The van der Waals surface area contributed by atoms with Crippen LogP contribution in [0.5, 0.6) is 0 Å². The molecule has 3 saturated heterocycles. The number of nitrogens with zero attached hydrogens (tertiary/aromatic N) is 12. The number of alkyl halides is 9. The summed E-state index contributed by atoms with van der Waals surface area (Å²) in [6, 6.07) is 17.7. The molecule has 12 rings (SSSR count). The molecule has 0 radical (unpaired) electrons. The first-order chi connectivity index (χ1) is 42.0. The highest BCUT2D eigenvalue weighted by atomic mass is 19.4. The van der Waals surface area contributed by atoms with Gasteiger partial charge < -0.3 is 25.1 Å². The number of amides is 4. The summed E-state index contributed by atoms with van der Waals surface area (Å²) >= 11 is 0.